The monoisotopic (exact) mass is 284 g/mol. The van der Waals surface area contributed by atoms with E-state index >= 15 is 0 Å². The minimum absolute atomic E-state index is 0.105. The van der Waals surface area contributed by atoms with Gasteiger partial charge in [0.15, 0.2) is 0 Å². The van der Waals surface area contributed by atoms with Gasteiger partial charge in [0.25, 0.3) is 0 Å². The van der Waals surface area contributed by atoms with Crippen molar-refractivity contribution in [1.29, 1.82) is 0 Å². The number of halogens is 1. The Bertz CT molecular complexity index is 370. The minimum atomic E-state index is -0.105. The number of nitrogens with two attached hydrogens (primary N) is 1. The largest absolute Gasteiger partial charge is 0.397 e. The zero-order valence-electron chi connectivity index (χ0n) is 9.12. The Morgan fingerprint density at radius 2 is 2.25 bits per heavy atom. The van der Waals surface area contributed by atoms with Crippen LogP contribution in [0.25, 0.3) is 0 Å². The SMILES string of the molecule is Nc1ccc(Br)cc1NCC1CCC(O)C1. The first-order chi connectivity index (χ1) is 7.65. The lowest BCUT2D eigenvalue weighted by Gasteiger charge is -2.14. The van der Waals surface area contributed by atoms with Crippen LogP contribution in [0.5, 0.6) is 0 Å². The Labute approximate surface area is 104 Å². The van der Waals surface area contributed by atoms with E-state index in [-0.39, 0.29) is 6.10 Å². The fourth-order valence-electron chi connectivity index (χ4n) is 2.17. The van der Waals surface area contributed by atoms with Gasteiger partial charge in [-0.15, -0.1) is 0 Å². The first-order valence-electron chi connectivity index (χ1n) is 5.62. The van der Waals surface area contributed by atoms with Crippen molar-refractivity contribution < 1.29 is 5.11 Å². The van der Waals surface area contributed by atoms with Crippen LogP contribution in [0.2, 0.25) is 0 Å². The molecule has 3 nitrogen and oxygen atoms in total. The Hall–Kier alpha value is -0.740. The smallest absolute Gasteiger partial charge is 0.0585 e. The van der Waals surface area contributed by atoms with Crippen molar-refractivity contribution in [3.63, 3.8) is 0 Å². The minimum Gasteiger partial charge on any atom is -0.397 e. The number of benzene rings is 1. The molecule has 1 aliphatic rings. The molecule has 2 atom stereocenters. The second-order valence-electron chi connectivity index (χ2n) is 4.45. The Balaban J connectivity index is 1.91. The maximum Gasteiger partial charge on any atom is 0.0585 e. The van der Waals surface area contributed by atoms with Crippen LogP contribution in [-0.2, 0) is 0 Å². The first kappa shape index (κ1) is 11.7. The molecule has 88 valence electrons. The van der Waals surface area contributed by atoms with Crippen molar-refractivity contribution in [3.8, 4) is 0 Å². The van der Waals surface area contributed by atoms with Crippen LogP contribution in [0.15, 0.2) is 22.7 Å². The zero-order valence-corrected chi connectivity index (χ0v) is 10.7. The van der Waals surface area contributed by atoms with E-state index in [0.29, 0.717) is 5.92 Å². The maximum atomic E-state index is 9.44. The summed E-state index contributed by atoms with van der Waals surface area (Å²) < 4.78 is 1.02. The Kier molecular flexibility index (Phi) is 3.71. The lowest BCUT2D eigenvalue weighted by molar-refractivity contribution is 0.178. The van der Waals surface area contributed by atoms with E-state index in [2.05, 4.69) is 21.2 Å². The molecule has 2 unspecified atom stereocenters. The third-order valence-electron chi connectivity index (χ3n) is 3.11. The van der Waals surface area contributed by atoms with Crippen LogP contribution < -0.4 is 11.1 Å². The molecule has 0 aliphatic heterocycles. The van der Waals surface area contributed by atoms with Gasteiger partial charge in [0.2, 0.25) is 0 Å². The molecule has 4 heteroatoms. The molecule has 4 N–H and O–H groups in total. The topological polar surface area (TPSA) is 58.3 Å². The van der Waals surface area contributed by atoms with Crippen LogP contribution in [0, 0.1) is 5.92 Å². The highest BCUT2D eigenvalue weighted by Crippen LogP contribution is 2.28. The van der Waals surface area contributed by atoms with Crippen LogP contribution in [0.1, 0.15) is 19.3 Å². The Morgan fingerprint density at radius 1 is 1.44 bits per heavy atom. The molecule has 1 fully saturated rings. The number of hydrogen-bond donors (Lipinski definition) is 3. The second-order valence-corrected chi connectivity index (χ2v) is 5.36. The number of rotatable bonds is 3. The lowest BCUT2D eigenvalue weighted by Crippen LogP contribution is -2.13. The number of anilines is 2. The summed E-state index contributed by atoms with van der Waals surface area (Å²) >= 11 is 3.42. The fraction of sp³-hybridized carbons (Fsp3) is 0.500. The predicted molar refractivity (Wildman–Crippen MR) is 70.4 cm³/mol. The summed E-state index contributed by atoms with van der Waals surface area (Å²) in [6.45, 7) is 0.887. The molecule has 1 aromatic rings. The van der Waals surface area contributed by atoms with Crippen LogP contribution in [0.3, 0.4) is 0 Å². The quantitative estimate of drug-likeness (QED) is 0.748. The van der Waals surface area contributed by atoms with Gasteiger partial charge in [0.1, 0.15) is 0 Å². The van der Waals surface area contributed by atoms with Gasteiger partial charge in [-0.1, -0.05) is 15.9 Å². The number of aliphatic hydroxyl groups is 1. The van der Waals surface area contributed by atoms with Gasteiger partial charge in [0, 0.05) is 11.0 Å². The van der Waals surface area contributed by atoms with Crippen molar-refractivity contribution >= 4 is 27.3 Å². The van der Waals surface area contributed by atoms with Gasteiger partial charge in [-0.2, -0.15) is 0 Å². The maximum absolute atomic E-state index is 9.44. The summed E-state index contributed by atoms with van der Waals surface area (Å²) in [5, 5.41) is 12.8. The number of nitrogen functional groups attached to an aromatic ring is 1. The molecule has 0 aromatic heterocycles. The first-order valence-corrected chi connectivity index (χ1v) is 6.41. The second kappa shape index (κ2) is 5.06. The van der Waals surface area contributed by atoms with Crippen molar-refractivity contribution in [2.45, 2.75) is 25.4 Å². The van der Waals surface area contributed by atoms with Gasteiger partial charge in [0.05, 0.1) is 17.5 Å². The molecule has 2 rings (SSSR count). The van der Waals surface area contributed by atoms with Gasteiger partial charge in [-0.3, -0.25) is 0 Å². The molecule has 0 saturated heterocycles. The van der Waals surface area contributed by atoms with E-state index < -0.39 is 0 Å². The number of nitrogens with one attached hydrogen (secondary N) is 1. The van der Waals surface area contributed by atoms with Crippen molar-refractivity contribution in [2.24, 2.45) is 5.92 Å². The lowest BCUT2D eigenvalue weighted by atomic mass is 10.1. The average molecular weight is 285 g/mol. The van der Waals surface area contributed by atoms with Crippen LogP contribution in [-0.4, -0.2) is 17.8 Å². The van der Waals surface area contributed by atoms with E-state index in [1.165, 1.54) is 0 Å². The molecule has 1 saturated carbocycles. The highest BCUT2D eigenvalue weighted by Gasteiger charge is 2.22. The molecular formula is C12H17BrN2O. The van der Waals surface area contributed by atoms with Gasteiger partial charge in [-0.25, -0.2) is 0 Å². The van der Waals surface area contributed by atoms with Gasteiger partial charge in [-0.05, 0) is 43.4 Å². The van der Waals surface area contributed by atoms with E-state index in [4.69, 9.17) is 5.73 Å². The van der Waals surface area contributed by atoms with Crippen LogP contribution >= 0.6 is 15.9 Å². The summed E-state index contributed by atoms with van der Waals surface area (Å²) in [5.74, 6) is 0.563. The van der Waals surface area contributed by atoms with E-state index in [9.17, 15) is 5.11 Å². The van der Waals surface area contributed by atoms with E-state index in [1.54, 1.807) is 0 Å². The summed E-state index contributed by atoms with van der Waals surface area (Å²) in [6.07, 6.45) is 2.83. The van der Waals surface area contributed by atoms with Gasteiger partial charge >= 0.3 is 0 Å². The summed E-state index contributed by atoms with van der Waals surface area (Å²) in [5.41, 5.74) is 7.60. The van der Waals surface area contributed by atoms with E-state index in [0.717, 1.165) is 41.7 Å². The standard InChI is InChI=1S/C12H17BrN2O/c13-9-2-4-11(14)12(6-9)15-7-8-1-3-10(16)5-8/h2,4,6,8,10,15-16H,1,3,5,7,14H2. The molecule has 0 heterocycles. The zero-order chi connectivity index (χ0) is 11.5. The molecule has 0 spiro atoms. The third kappa shape index (κ3) is 2.89. The van der Waals surface area contributed by atoms with Crippen molar-refractivity contribution in [1.82, 2.24) is 0 Å². The highest BCUT2D eigenvalue weighted by molar-refractivity contribution is 9.10. The predicted octanol–water partition coefficient (Wildman–Crippen LogP) is 2.60. The molecule has 1 aromatic carbocycles. The van der Waals surface area contributed by atoms with Crippen LogP contribution in [0.4, 0.5) is 11.4 Å². The summed E-state index contributed by atoms with van der Waals surface area (Å²) in [4.78, 5) is 0. The third-order valence-corrected chi connectivity index (χ3v) is 3.60. The summed E-state index contributed by atoms with van der Waals surface area (Å²) in [6, 6.07) is 5.80. The number of aliphatic hydroxyl groups excluding tert-OH is 1. The summed E-state index contributed by atoms with van der Waals surface area (Å²) in [7, 11) is 0. The van der Waals surface area contributed by atoms with Crippen molar-refractivity contribution in [2.75, 3.05) is 17.6 Å². The molecule has 0 radical (unpaired) electrons. The molecule has 16 heavy (non-hydrogen) atoms. The fourth-order valence-corrected chi connectivity index (χ4v) is 2.53. The number of hydrogen-bond acceptors (Lipinski definition) is 3. The van der Waals surface area contributed by atoms with Gasteiger partial charge < -0.3 is 16.2 Å². The normalized spacial score (nSPS) is 24.6. The molecule has 1 aliphatic carbocycles. The van der Waals surface area contributed by atoms with E-state index in [1.807, 2.05) is 18.2 Å². The average Bonchev–Trinajstić information content (AvgIpc) is 2.66. The van der Waals surface area contributed by atoms with Crippen molar-refractivity contribution in [3.05, 3.63) is 22.7 Å². The molecule has 0 bridgehead atoms. The Morgan fingerprint density at radius 3 is 2.94 bits per heavy atom. The molecule has 0 amide bonds. The highest BCUT2D eigenvalue weighted by atomic mass is 79.9. The molecular weight excluding hydrogens is 268 g/mol.